The monoisotopic (exact) mass is 328 g/mol. The Morgan fingerprint density at radius 1 is 1.12 bits per heavy atom. The molecule has 24 heavy (non-hydrogen) atoms. The van der Waals surface area contributed by atoms with Crippen LogP contribution in [-0.4, -0.2) is 42.7 Å². The summed E-state index contributed by atoms with van der Waals surface area (Å²) >= 11 is 0. The molecule has 0 atom stereocenters. The number of rotatable bonds is 5. The zero-order valence-corrected chi connectivity index (χ0v) is 13.6. The van der Waals surface area contributed by atoms with Crippen molar-refractivity contribution < 1.29 is 9.66 Å². The number of anilines is 2. The Balaban J connectivity index is 1.66. The van der Waals surface area contributed by atoms with Crippen LogP contribution in [0.2, 0.25) is 0 Å². The van der Waals surface area contributed by atoms with Crippen molar-refractivity contribution in [3.05, 3.63) is 52.7 Å². The van der Waals surface area contributed by atoms with Gasteiger partial charge in [0.1, 0.15) is 17.8 Å². The zero-order valence-electron chi connectivity index (χ0n) is 13.6. The highest BCUT2D eigenvalue weighted by molar-refractivity contribution is 5.59. The third-order valence-electron chi connectivity index (χ3n) is 4.05. The first kappa shape index (κ1) is 16.0. The van der Waals surface area contributed by atoms with Crippen molar-refractivity contribution in [3.63, 3.8) is 0 Å². The number of nitro groups is 1. The lowest BCUT2D eigenvalue weighted by atomic mass is 10.2. The highest BCUT2D eigenvalue weighted by Crippen LogP contribution is 2.29. The molecule has 1 aromatic carbocycles. The molecule has 0 amide bonds. The molecule has 3 rings (SSSR count). The smallest absolute Gasteiger partial charge is 0.287 e. The zero-order chi connectivity index (χ0) is 16.9. The van der Waals surface area contributed by atoms with E-state index in [0.717, 1.165) is 43.4 Å². The Bertz CT molecular complexity index is 697. The van der Waals surface area contributed by atoms with Crippen molar-refractivity contribution >= 4 is 17.2 Å². The van der Waals surface area contributed by atoms with E-state index in [4.69, 9.17) is 4.74 Å². The number of aromatic nitrogens is 1. The van der Waals surface area contributed by atoms with Crippen LogP contribution in [0.5, 0.6) is 5.75 Å². The van der Waals surface area contributed by atoms with Crippen LogP contribution in [-0.2, 0) is 0 Å². The van der Waals surface area contributed by atoms with Crippen molar-refractivity contribution in [2.75, 3.05) is 42.6 Å². The lowest BCUT2D eigenvalue weighted by molar-refractivity contribution is -0.385. The van der Waals surface area contributed by atoms with Crippen LogP contribution in [0.4, 0.5) is 17.2 Å². The minimum atomic E-state index is -0.431. The van der Waals surface area contributed by atoms with Gasteiger partial charge in [0.2, 0.25) is 0 Å². The number of ether oxygens (including phenoxy) is 1. The molecule has 1 saturated heterocycles. The van der Waals surface area contributed by atoms with Crippen molar-refractivity contribution in [2.24, 2.45) is 0 Å². The van der Waals surface area contributed by atoms with Gasteiger partial charge < -0.3 is 14.5 Å². The minimum Gasteiger partial charge on any atom is -0.492 e. The molecule has 0 unspecified atom stereocenters. The van der Waals surface area contributed by atoms with Crippen LogP contribution in [0.25, 0.3) is 0 Å². The molecule has 2 heterocycles. The van der Waals surface area contributed by atoms with Crippen LogP contribution in [0.3, 0.4) is 0 Å². The molecule has 0 radical (unpaired) electrons. The average molecular weight is 328 g/mol. The van der Waals surface area contributed by atoms with Gasteiger partial charge in [-0.05, 0) is 25.1 Å². The van der Waals surface area contributed by atoms with E-state index >= 15 is 0 Å². The second-order valence-corrected chi connectivity index (χ2v) is 5.51. The predicted molar refractivity (Wildman–Crippen MR) is 92.9 cm³/mol. The number of hydrogen-bond acceptors (Lipinski definition) is 6. The van der Waals surface area contributed by atoms with E-state index in [9.17, 15) is 10.1 Å². The van der Waals surface area contributed by atoms with Gasteiger partial charge in [-0.1, -0.05) is 12.1 Å². The fraction of sp³-hybridized carbons (Fsp3) is 0.353. The van der Waals surface area contributed by atoms with Gasteiger partial charge in [0.15, 0.2) is 0 Å². The van der Waals surface area contributed by atoms with Gasteiger partial charge in [0, 0.05) is 32.2 Å². The highest BCUT2D eigenvalue weighted by Gasteiger charge is 2.21. The van der Waals surface area contributed by atoms with Gasteiger partial charge in [-0.3, -0.25) is 10.1 Å². The van der Waals surface area contributed by atoms with Crippen LogP contribution in [0.1, 0.15) is 6.92 Å². The summed E-state index contributed by atoms with van der Waals surface area (Å²) in [4.78, 5) is 18.9. The quantitative estimate of drug-likeness (QED) is 0.621. The summed E-state index contributed by atoms with van der Waals surface area (Å²) in [6.45, 7) is 5.95. The highest BCUT2D eigenvalue weighted by atomic mass is 16.6. The number of hydrogen-bond donors (Lipinski definition) is 0. The largest absolute Gasteiger partial charge is 0.492 e. The Hall–Kier alpha value is -2.83. The average Bonchev–Trinajstić information content (AvgIpc) is 2.63. The molecular weight excluding hydrogens is 308 g/mol. The number of para-hydroxylation sites is 2. The first-order valence-corrected chi connectivity index (χ1v) is 8.01. The van der Waals surface area contributed by atoms with Gasteiger partial charge in [-0.15, -0.1) is 0 Å². The van der Waals surface area contributed by atoms with Crippen LogP contribution in [0.15, 0.2) is 42.6 Å². The molecule has 1 aliphatic heterocycles. The lowest BCUT2D eigenvalue weighted by Gasteiger charge is -2.37. The van der Waals surface area contributed by atoms with Gasteiger partial charge in [0.25, 0.3) is 5.69 Å². The van der Waals surface area contributed by atoms with Gasteiger partial charge in [-0.25, -0.2) is 4.98 Å². The van der Waals surface area contributed by atoms with E-state index in [-0.39, 0.29) is 5.69 Å². The Kier molecular flexibility index (Phi) is 4.79. The molecule has 0 spiro atoms. The first-order valence-electron chi connectivity index (χ1n) is 8.01. The van der Waals surface area contributed by atoms with Crippen LogP contribution >= 0.6 is 0 Å². The summed E-state index contributed by atoms with van der Waals surface area (Å²) in [5.41, 5.74) is 1.12. The maximum absolute atomic E-state index is 10.7. The maximum atomic E-state index is 10.7. The van der Waals surface area contributed by atoms with Crippen LogP contribution < -0.4 is 14.5 Å². The number of piperazine rings is 1. The van der Waals surface area contributed by atoms with E-state index in [0.29, 0.717) is 6.61 Å². The summed E-state index contributed by atoms with van der Waals surface area (Å²) < 4.78 is 5.71. The number of nitrogens with zero attached hydrogens (tertiary/aromatic N) is 4. The summed E-state index contributed by atoms with van der Waals surface area (Å²) in [6, 6.07) is 11.3. The van der Waals surface area contributed by atoms with E-state index in [1.807, 2.05) is 25.1 Å². The Morgan fingerprint density at radius 3 is 2.46 bits per heavy atom. The van der Waals surface area contributed by atoms with E-state index in [1.54, 1.807) is 6.07 Å². The molecule has 7 nitrogen and oxygen atoms in total. The van der Waals surface area contributed by atoms with Gasteiger partial charge >= 0.3 is 0 Å². The van der Waals surface area contributed by atoms with Crippen molar-refractivity contribution in [2.45, 2.75) is 6.92 Å². The molecule has 126 valence electrons. The topological polar surface area (TPSA) is 71.7 Å². The number of pyridine rings is 1. The normalized spacial score (nSPS) is 14.5. The molecule has 0 N–H and O–H groups in total. The molecule has 1 aliphatic rings. The molecule has 1 aromatic heterocycles. The predicted octanol–water partition coefficient (Wildman–Crippen LogP) is 2.72. The second-order valence-electron chi connectivity index (χ2n) is 5.51. The molecule has 1 fully saturated rings. The lowest BCUT2D eigenvalue weighted by Crippen LogP contribution is -2.46. The van der Waals surface area contributed by atoms with E-state index in [2.05, 4.69) is 20.9 Å². The Labute approximate surface area is 140 Å². The second kappa shape index (κ2) is 7.16. The summed E-state index contributed by atoms with van der Waals surface area (Å²) in [6.07, 6.45) is 1.31. The first-order chi connectivity index (χ1) is 11.7. The van der Waals surface area contributed by atoms with E-state index in [1.165, 1.54) is 12.3 Å². The third-order valence-corrected chi connectivity index (χ3v) is 4.05. The van der Waals surface area contributed by atoms with Crippen molar-refractivity contribution in [1.29, 1.82) is 0 Å². The summed E-state index contributed by atoms with van der Waals surface area (Å²) in [5, 5.41) is 10.7. The molecule has 2 aromatic rings. The SMILES string of the molecule is CCOc1ccccc1N1CCN(c2ccc([N+](=O)[O-])cn2)CC1. The molecule has 0 bridgehead atoms. The van der Waals surface area contributed by atoms with Gasteiger partial charge in [-0.2, -0.15) is 0 Å². The van der Waals surface area contributed by atoms with Crippen molar-refractivity contribution in [1.82, 2.24) is 4.98 Å². The summed E-state index contributed by atoms with van der Waals surface area (Å²) in [5.74, 6) is 1.68. The van der Waals surface area contributed by atoms with Crippen molar-refractivity contribution in [3.8, 4) is 5.75 Å². The fourth-order valence-electron chi connectivity index (χ4n) is 2.85. The maximum Gasteiger partial charge on any atom is 0.287 e. The minimum absolute atomic E-state index is 0.0167. The Morgan fingerprint density at radius 2 is 1.83 bits per heavy atom. The fourth-order valence-corrected chi connectivity index (χ4v) is 2.85. The number of benzene rings is 1. The molecule has 0 aliphatic carbocycles. The third kappa shape index (κ3) is 3.40. The summed E-state index contributed by atoms with van der Waals surface area (Å²) in [7, 11) is 0. The van der Waals surface area contributed by atoms with E-state index < -0.39 is 4.92 Å². The molecule has 0 saturated carbocycles. The van der Waals surface area contributed by atoms with Crippen LogP contribution in [0, 0.1) is 10.1 Å². The van der Waals surface area contributed by atoms with Gasteiger partial charge in [0.05, 0.1) is 17.2 Å². The standard InChI is InChI=1S/C17H20N4O3/c1-2-24-16-6-4-3-5-15(16)19-9-11-20(12-10-19)17-8-7-14(13-18-17)21(22)23/h3-8,13H,2,9-12H2,1H3. The molecular formula is C17H20N4O3. The molecule has 7 heteroatoms.